The third kappa shape index (κ3) is 6.93. The first-order valence-corrected chi connectivity index (χ1v) is 15.5. The van der Waals surface area contributed by atoms with Crippen molar-refractivity contribution in [2.24, 2.45) is 5.92 Å². The number of carbonyl (C=O) groups excluding carboxylic acids is 1. The van der Waals surface area contributed by atoms with Gasteiger partial charge in [0.25, 0.3) is 0 Å². The molecule has 7 nitrogen and oxygen atoms in total. The predicted molar refractivity (Wildman–Crippen MR) is 165 cm³/mol. The summed E-state index contributed by atoms with van der Waals surface area (Å²) in [5, 5.41) is 6.53. The number of piperidine rings is 1. The number of methoxy groups -OCH3 is 1. The SMILES string of the molecule is CO[C@H]1CN(c2nc(-c3cc(C)ccc3OCc3ccc4c(c3C)CCNCC4)cs2)CC[C@H]1C(=O)OC(C)(C)C. The Balaban J connectivity index is 1.31. The smallest absolute Gasteiger partial charge is 0.312 e. The van der Waals surface area contributed by atoms with Crippen LogP contribution >= 0.6 is 11.3 Å². The third-order valence-corrected chi connectivity index (χ3v) is 8.96. The molecule has 220 valence electrons. The molecule has 8 heteroatoms. The van der Waals surface area contributed by atoms with Crippen LogP contribution in [0.25, 0.3) is 11.3 Å². The molecular formula is C33H43N3O4S. The standard InChI is InChI=1S/C33H43N3O4S/c1-21-7-10-29(39-19-24-9-8-23-11-14-34-15-12-25(23)22(24)2)27(17-21)28-20-41-32(35-28)36-16-13-26(30(18-36)38-6)31(37)40-33(3,4)5/h7-10,17,20,26,30,34H,11-16,18-19H2,1-6H3/t26-,30+/m1/s1. The summed E-state index contributed by atoms with van der Waals surface area (Å²) in [6.07, 6.45) is 2.56. The van der Waals surface area contributed by atoms with E-state index in [9.17, 15) is 4.79 Å². The van der Waals surface area contributed by atoms with Gasteiger partial charge in [-0.3, -0.25) is 4.79 Å². The number of thiazole rings is 1. The minimum absolute atomic E-state index is 0.188. The molecule has 2 aliphatic heterocycles. The van der Waals surface area contributed by atoms with Crippen molar-refractivity contribution in [1.82, 2.24) is 10.3 Å². The van der Waals surface area contributed by atoms with Gasteiger partial charge in [-0.2, -0.15) is 0 Å². The van der Waals surface area contributed by atoms with E-state index in [4.69, 9.17) is 19.2 Å². The second-order valence-corrected chi connectivity index (χ2v) is 13.0. The zero-order valence-electron chi connectivity index (χ0n) is 25.2. The van der Waals surface area contributed by atoms with E-state index in [2.05, 4.69) is 59.8 Å². The van der Waals surface area contributed by atoms with E-state index in [1.54, 1.807) is 18.4 Å². The molecule has 0 aliphatic carbocycles. The van der Waals surface area contributed by atoms with Crippen LogP contribution < -0.4 is 15.0 Å². The van der Waals surface area contributed by atoms with Gasteiger partial charge in [0.15, 0.2) is 5.13 Å². The Morgan fingerprint density at radius 2 is 1.95 bits per heavy atom. The quantitative estimate of drug-likeness (QED) is 0.352. The first-order valence-electron chi connectivity index (χ1n) is 14.6. The molecule has 2 atom stereocenters. The van der Waals surface area contributed by atoms with E-state index in [1.807, 2.05) is 20.8 Å². The van der Waals surface area contributed by atoms with Crippen LogP contribution in [0.2, 0.25) is 0 Å². The van der Waals surface area contributed by atoms with E-state index in [-0.39, 0.29) is 18.0 Å². The summed E-state index contributed by atoms with van der Waals surface area (Å²) in [6, 6.07) is 10.8. The molecule has 1 N–H and O–H groups in total. The molecule has 0 radical (unpaired) electrons. The topological polar surface area (TPSA) is 72.9 Å². The summed E-state index contributed by atoms with van der Waals surface area (Å²) in [6.45, 7) is 13.9. The number of nitrogens with zero attached hydrogens (tertiary/aromatic N) is 2. The molecule has 0 amide bonds. The number of hydrogen-bond donors (Lipinski definition) is 1. The predicted octanol–water partition coefficient (Wildman–Crippen LogP) is 5.88. The Labute approximate surface area is 248 Å². The number of fused-ring (bicyclic) bond motifs is 1. The Morgan fingerprint density at radius 1 is 1.15 bits per heavy atom. The summed E-state index contributed by atoms with van der Waals surface area (Å²) in [5.74, 6) is 0.369. The van der Waals surface area contributed by atoms with E-state index in [0.29, 0.717) is 19.6 Å². The monoisotopic (exact) mass is 577 g/mol. The first-order chi connectivity index (χ1) is 19.6. The van der Waals surface area contributed by atoms with Crippen LogP contribution in [0.5, 0.6) is 5.75 Å². The van der Waals surface area contributed by atoms with Crippen LogP contribution in [0.15, 0.2) is 35.7 Å². The minimum atomic E-state index is -0.514. The molecule has 2 aromatic carbocycles. The van der Waals surface area contributed by atoms with Gasteiger partial charge in [0.1, 0.15) is 18.0 Å². The molecule has 2 aliphatic rings. The second-order valence-electron chi connectivity index (χ2n) is 12.2. The van der Waals surface area contributed by atoms with E-state index in [1.165, 1.54) is 22.3 Å². The van der Waals surface area contributed by atoms with Crippen molar-refractivity contribution in [3.05, 3.63) is 63.5 Å². The van der Waals surface area contributed by atoms with Crippen LogP contribution in [0.1, 0.15) is 55.0 Å². The third-order valence-electron chi connectivity index (χ3n) is 8.06. The molecule has 0 spiro atoms. The Hall–Kier alpha value is -2.94. The molecular weight excluding hydrogens is 534 g/mol. The molecule has 1 aromatic heterocycles. The van der Waals surface area contributed by atoms with Crippen molar-refractivity contribution in [2.75, 3.05) is 38.2 Å². The molecule has 41 heavy (non-hydrogen) atoms. The molecule has 5 rings (SSSR count). The molecule has 3 heterocycles. The summed E-state index contributed by atoms with van der Waals surface area (Å²) < 4.78 is 17.9. The van der Waals surface area contributed by atoms with Crippen molar-refractivity contribution in [2.45, 2.75) is 72.2 Å². The highest BCUT2D eigenvalue weighted by atomic mass is 32.1. The number of rotatable bonds is 7. The molecule has 3 aromatic rings. The highest BCUT2D eigenvalue weighted by Gasteiger charge is 2.37. The Kier molecular flexibility index (Phi) is 9.02. The highest BCUT2D eigenvalue weighted by molar-refractivity contribution is 7.14. The number of esters is 1. The summed E-state index contributed by atoms with van der Waals surface area (Å²) in [4.78, 5) is 20.1. The van der Waals surface area contributed by atoms with Crippen LogP contribution in [0.4, 0.5) is 5.13 Å². The summed E-state index contributed by atoms with van der Waals surface area (Å²) in [7, 11) is 1.66. The van der Waals surface area contributed by atoms with Gasteiger partial charge in [-0.25, -0.2) is 4.98 Å². The number of hydrogen-bond acceptors (Lipinski definition) is 8. The van der Waals surface area contributed by atoms with Gasteiger partial charge in [-0.05, 0) is 101 Å². The van der Waals surface area contributed by atoms with Crippen molar-refractivity contribution >= 4 is 22.4 Å². The fourth-order valence-electron chi connectivity index (χ4n) is 5.80. The van der Waals surface area contributed by atoms with Crippen LogP contribution in [-0.4, -0.2) is 55.9 Å². The van der Waals surface area contributed by atoms with Crippen molar-refractivity contribution in [3.8, 4) is 17.0 Å². The van der Waals surface area contributed by atoms with Gasteiger partial charge >= 0.3 is 5.97 Å². The second kappa shape index (κ2) is 12.5. The van der Waals surface area contributed by atoms with E-state index in [0.717, 1.165) is 60.2 Å². The molecule has 0 unspecified atom stereocenters. The van der Waals surface area contributed by atoms with Gasteiger partial charge < -0.3 is 24.4 Å². The summed E-state index contributed by atoms with van der Waals surface area (Å²) >= 11 is 1.61. The molecule has 1 fully saturated rings. The zero-order chi connectivity index (χ0) is 29.1. The number of aryl methyl sites for hydroxylation is 1. The van der Waals surface area contributed by atoms with Gasteiger partial charge in [0, 0.05) is 31.1 Å². The lowest BCUT2D eigenvalue weighted by molar-refractivity contribution is -0.165. The summed E-state index contributed by atoms with van der Waals surface area (Å²) in [5.41, 5.74) is 8.04. The van der Waals surface area contributed by atoms with Crippen LogP contribution in [0, 0.1) is 19.8 Å². The van der Waals surface area contributed by atoms with Crippen LogP contribution in [-0.2, 0) is 33.7 Å². The number of carbonyl (C=O) groups is 1. The van der Waals surface area contributed by atoms with Crippen LogP contribution in [0.3, 0.4) is 0 Å². The lowest BCUT2D eigenvalue weighted by atomic mass is 9.93. The number of nitrogens with one attached hydrogen (secondary N) is 1. The average molecular weight is 578 g/mol. The van der Waals surface area contributed by atoms with Crippen molar-refractivity contribution in [3.63, 3.8) is 0 Å². The Bertz CT molecular complexity index is 1380. The molecule has 0 saturated carbocycles. The number of anilines is 1. The number of ether oxygens (including phenoxy) is 3. The lowest BCUT2D eigenvalue weighted by Crippen LogP contribution is -2.49. The van der Waals surface area contributed by atoms with Gasteiger partial charge in [0.2, 0.25) is 0 Å². The van der Waals surface area contributed by atoms with Crippen molar-refractivity contribution < 1.29 is 19.0 Å². The lowest BCUT2D eigenvalue weighted by Gasteiger charge is -2.37. The van der Waals surface area contributed by atoms with E-state index < -0.39 is 5.60 Å². The normalized spacial score (nSPS) is 19.4. The fourth-order valence-corrected chi connectivity index (χ4v) is 6.66. The number of aromatic nitrogens is 1. The van der Waals surface area contributed by atoms with Gasteiger partial charge in [-0.15, -0.1) is 11.3 Å². The maximum absolute atomic E-state index is 12.8. The van der Waals surface area contributed by atoms with Gasteiger partial charge in [-0.1, -0.05) is 23.8 Å². The van der Waals surface area contributed by atoms with Crippen molar-refractivity contribution in [1.29, 1.82) is 0 Å². The fraction of sp³-hybridized carbons (Fsp3) is 0.515. The maximum Gasteiger partial charge on any atom is 0.312 e. The molecule has 0 bridgehead atoms. The molecule has 1 saturated heterocycles. The highest BCUT2D eigenvalue weighted by Crippen LogP contribution is 2.36. The largest absolute Gasteiger partial charge is 0.488 e. The van der Waals surface area contributed by atoms with E-state index >= 15 is 0 Å². The zero-order valence-corrected chi connectivity index (χ0v) is 26.0. The first kappa shape index (κ1) is 29.5. The number of benzene rings is 2. The van der Waals surface area contributed by atoms with Gasteiger partial charge in [0.05, 0.1) is 17.7 Å². The Morgan fingerprint density at radius 3 is 2.73 bits per heavy atom. The maximum atomic E-state index is 12.8. The minimum Gasteiger partial charge on any atom is -0.488 e. The average Bonchev–Trinajstić information content (AvgIpc) is 3.30.